The summed E-state index contributed by atoms with van der Waals surface area (Å²) in [6, 6.07) is 4.81. The van der Waals surface area contributed by atoms with E-state index >= 15 is 0 Å². The Labute approximate surface area is 159 Å². The molecule has 0 saturated heterocycles. The van der Waals surface area contributed by atoms with Gasteiger partial charge in [0.05, 0.1) is 6.10 Å². The number of phenols is 2. The summed E-state index contributed by atoms with van der Waals surface area (Å²) in [5.74, 6) is 0.272. The van der Waals surface area contributed by atoms with Gasteiger partial charge in [-0.2, -0.15) is 0 Å². The quantitative estimate of drug-likeness (QED) is 0.280. The molecule has 1 aromatic carbocycles. The van der Waals surface area contributed by atoms with Crippen LogP contribution in [0, 0.1) is 0 Å². The maximum absolute atomic E-state index is 9.80. The normalized spacial score (nSPS) is 13.0. The Morgan fingerprint density at radius 2 is 1.46 bits per heavy atom. The van der Waals surface area contributed by atoms with E-state index in [9.17, 15) is 15.3 Å². The van der Waals surface area contributed by atoms with Crippen LogP contribution >= 0.6 is 0 Å². The lowest BCUT2D eigenvalue weighted by Crippen LogP contribution is -2.03. The highest BCUT2D eigenvalue weighted by atomic mass is 16.3. The lowest BCUT2D eigenvalue weighted by molar-refractivity contribution is 0.169. The number of hydrogen-bond donors (Lipinski definition) is 3. The molecule has 3 nitrogen and oxygen atoms in total. The van der Waals surface area contributed by atoms with Gasteiger partial charge in [0, 0.05) is 6.07 Å². The molecule has 1 atom stereocenters. The van der Waals surface area contributed by atoms with E-state index in [1.165, 1.54) is 31.7 Å². The predicted octanol–water partition coefficient (Wildman–Crippen LogP) is 6.03. The van der Waals surface area contributed by atoms with Crippen LogP contribution in [0.5, 0.6) is 11.5 Å². The first-order chi connectivity index (χ1) is 12.6. The Bertz CT molecular complexity index is 514. The Morgan fingerprint density at radius 3 is 2.19 bits per heavy atom. The van der Waals surface area contributed by atoms with Crippen molar-refractivity contribution in [1.29, 1.82) is 0 Å². The Hall–Kier alpha value is -1.74. The molecule has 0 spiro atoms. The van der Waals surface area contributed by atoms with Crippen LogP contribution in [-0.4, -0.2) is 21.4 Å². The molecule has 0 amide bonds. The number of hydrogen-bond acceptors (Lipinski definition) is 3. The van der Waals surface area contributed by atoms with Crippen LogP contribution in [0.25, 0.3) is 0 Å². The van der Waals surface area contributed by atoms with Gasteiger partial charge in [-0.15, -0.1) is 0 Å². The Balaban J connectivity index is 1.95. The zero-order chi connectivity index (χ0) is 19.0. The lowest BCUT2D eigenvalue weighted by atomic mass is 10.0. The molecule has 0 bridgehead atoms. The number of allylic oxidation sites excluding steroid dienone is 3. The minimum Gasteiger partial charge on any atom is -0.508 e. The highest BCUT2D eigenvalue weighted by molar-refractivity contribution is 5.36. The van der Waals surface area contributed by atoms with Crippen molar-refractivity contribution in [3.8, 4) is 11.5 Å². The SMILES string of the molecule is CC/C=C\C[C@H](O)CC/C=C\CCCCCCCc1cc(O)cc(O)c1. The van der Waals surface area contributed by atoms with Gasteiger partial charge in [0.15, 0.2) is 0 Å². The van der Waals surface area contributed by atoms with Gasteiger partial charge in [-0.25, -0.2) is 0 Å². The van der Waals surface area contributed by atoms with Crippen molar-refractivity contribution in [3.63, 3.8) is 0 Å². The van der Waals surface area contributed by atoms with E-state index in [4.69, 9.17) is 0 Å². The summed E-state index contributed by atoms with van der Waals surface area (Å²) in [6.07, 6.45) is 20.0. The van der Waals surface area contributed by atoms with Crippen molar-refractivity contribution in [2.75, 3.05) is 0 Å². The second kappa shape index (κ2) is 14.4. The summed E-state index contributed by atoms with van der Waals surface area (Å²) in [7, 11) is 0. The van der Waals surface area contributed by atoms with Crippen LogP contribution in [-0.2, 0) is 6.42 Å². The number of phenolic OH excluding ortho intramolecular Hbond substituents is 2. The first-order valence-electron chi connectivity index (χ1n) is 10.1. The van der Waals surface area contributed by atoms with Gasteiger partial charge >= 0.3 is 0 Å². The third-order valence-electron chi connectivity index (χ3n) is 4.44. The molecule has 26 heavy (non-hydrogen) atoms. The summed E-state index contributed by atoms with van der Waals surface area (Å²) in [6.45, 7) is 2.10. The average Bonchev–Trinajstić information content (AvgIpc) is 2.59. The van der Waals surface area contributed by atoms with E-state index in [0.717, 1.165) is 50.5 Å². The number of unbranched alkanes of at least 4 members (excludes halogenated alkanes) is 5. The molecule has 3 N–H and O–H groups in total. The van der Waals surface area contributed by atoms with Crippen molar-refractivity contribution >= 4 is 0 Å². The van der Waals surface area contributed by atoms with Crippen molar-refractivity contribution in [1.82, 2.24) is 0 Å². The molecule has 0 unspecified atom stereocenters. The van der Waals surface area contributed by atoms with Crippen molar-refractivity contribution in [3.05, 3.63) is 48.1 Å². The maximum atomic E-state index is 9.80. The van der Waals surface area contributed by atoms with Gasteiger partial charge in [-0.1, -0.05) is 50.5 Å². The molecule has 0 saturated carbocycles. The summed E-state index contributed by atoms with van der Waals surface area (Å²) in [4.78, 5) is 0. The summed E-state index contributed by atoms with van der Waals surface area (Å²) in [5, 5.41) is 28.7. The molecule has 1 rings (SSSR count). The van der Waals surface area contributed by atoms with E-state index in [2.05, 4.69) is 31.2 Å². The van der Waals surface area contributed by atoms with E-state index in [0.29, 0.717) is 0 Å². The van der Waals surface area contributed by atoms with Crippen LogP contribution in [0.2, 0.25) is 0 Å². The summed E-state index contributed by atoms with van der Waals surface area (Å²) < 4.78 is 0. The number of aryl methyl sites for hydroxylation is 1. The summed E-state index contributed by atoms with van der Waals surface area (Å²) >= 11 is 0. The molecular formula is C23H36O3. The van der Waals surface area contributed by atoms with Crippen LogP contribution in [0.4, 0.5) is 0 Å². The van der Waals surface area contributed by atoms with Crippen molar-refractivity contribution < 1.29 is 15.3 Å². The fraction of sp³-hybridized carbons (Fsp3) is 0.565. The predicted molar refractivity (Wildman–Crippen MR) is 110 cm³/mol. The average molecular weight is 361 g/mol. The molecule has 0 aromatic heterocycles. The molecule has 1 aromatic rings. The van der Waals surface area contributed by atoms with Crippen molar-refractivity contribution in [2.24, 2.45) is 0 Å². The lowest BCUT2D eigenvalue weighted by Gasteiger charge is -2.05. The number of aliphatic hydroxyl groups is 1. The summed E-state index contributed by atoms with van der Waals surface area (Å²) in [5.41, 5.74) is 0.998. The van der Waals surface area contributed by atoms with E-state index in [1.54, 1.807) is 12.1 Å². The largest absolute Gasteiger partial charge is 0.508 e. The van der Waals surface area contributed by atoms with E-state index < -0.39 is 0 Å². The molecule has 0 fully saturated rings. The topological polar surface area (TPSA) is 60.7 Å². The molecule has 3 heteroatoms. The minimum absolute atomic E-state index is 0.136. The zero-order valence-electron chi connectivity index (χ0n) is 16.2. The van der Waals surface area contributed by atoms with Gasteiger partial charge in [0.1, 0.15) is 11.5 Å². The third kappa shape index (κ3) is 11.8. The second-order valence-electron chi connectivity index (χ2n) is 6.98. The molecule has 146 valence electrons. The van der Waals surface area contributed by atoms with Crippen LogP contribution < -0.4 is 0 Å². The van der Waals surface area contributed by atoms with Crippen LogP contribution in [0.1, 0.15) is 76.7 Å². The first-order valence-corrected chi connectivity index (χ1v) is 10.1. The zero-order valence-corrected chi connectivity index (χ0v) is 16.2. The maximum Gasteiger partial charge on any atom is 0.119 e. The Kier molecular flexibility index (Phi) is 12.4. The van der Waals surface area contributed by atoms with Gasteiger partial charge in [-0.3, -0.25) is 0 Å². The molecule has 0 aliphatic heterocycles. The number of aliphatic hydroxyl groups excluding tert-OH is 1. The van der Waals surface area contributed by atoms with Crippen LogP contribution in [0.15, 0.2) is 42.5 Å². The second-order valence-corrected chi connectivity index (χ2v) is 6.98. The van der Waals surface area contributed by atoms with Crippen LogP contribution in [0.3, 0.4) is 0 Å². The molecule has 0 heterocycles. The Morgan fingerprint density at radius 1 is 0.808 bits per heavy atom. The van der Waals surface area contributed by atoms with Gasteiger partial charge < -0.3 is 15.3 Å². The third-order valence-corrected chi connectivity index (χ3v) is 4.44. The number of aromatic hydroxyl groups is 2. The van der Waals surface area contributed by atoms with E-state index in [1.807, 2.05) is 0 Å². The molecular weight excluding hydrogens is 324 g/mol. The molecule has 0 aliphatic carbocycles. The fourth-order valence-electron chi connectivity index (χ4n) is 2.98. The van der Waals surface area contributed by atoms with Gasteiger partial charge in [0.25, 0.3) is 0 Å². The van der Waals surface area contributed by atoms with Gasteiger partial charge in [-0.05, 0) is 69.1 Å². The highest BCUT2D eigenvalue weighted by Crippen LogP contribution is 2.22. The standard InChI is InChI=1S/C23H36O3/c1-2-3-11-15-21(24)16-13-10-8-6-4-5-7-9-12-14-20-17-22(25)19-23(26)18-20/h3,8,10-11,17-19,21,24-26H,2,4-7,9,12-16H2,1H3/b10-8-,11-3-/t21-/m0/s1. The first kappa shape index (κ1) is 22.3. The molecule has 0 radical (unpaired) electrons. The van der Waals surface area contributed by atoms with Gasteiger partial charge in [0.2, 0.25) is 0 Å². The van der Waals surface area contributed by atoms with Crippen molar-refractivity contribution in [2.45, 2.75) is 83.7 Å². The smallest absolute Gasteiger partial charge is 0.119 e. The number of benzene rings is 1. The fourth-order valence-corrected chi connectivity index (χ4v) is 2.98. The number of rotatable bonds is 14. The minimum atomic E-state index is -0.212. The van der Waals surface area contributed by atoms with E-state index in [-0.39, 0.29) is 17.6 Å². The molecule has 0 aliphatic rings. The highest BCUT2D eigenvalue weighted by Gasteiger charge is 2.00. The monoisotopic (exact) mass is 360 g/mol.